The Labute approximate surface area is 176 Å². The molecule has 0 bridgehead atoms. The van der Waals surface area contributed by atoms with Crippen LogP contribution in [0.3, 0.4) is 0 Å². The third-order valence-electron chi connectivity index (χ3n) is 4.14. The summed E-state index contributed by atoms with van der Waals surface area (Å²) < 4.78 is 10.2. The molecule has 0 fully saturated rings. The number of benzene rings is 1. The first kappa shape index (κ1) is 20.5. The summed E-state index contributed by atoms with van der Waals surface area (Å²) in [7, 11) is 0. The normalized spacial score (nSPS) is 12.6. The maximum absolute atomic E-state index is 12.1. The molecule has 1 aromatic carbocycles. The molecule has 9 heteroatoms. The third kappa shape index (κ3) is 4.96. The largest absolute Gasteiger partial charge is 0.480 e. The van der Waals surface area contributed by atoms with Crippen molar-refractivity contribution in [1.82, 2.24) is 0 Å². The summed E-state index contributed by atoms with van der Waals surface area (Å²) in [5.74, 6) is -0.935. The molecule has 3 rings (SSSR count). The summed E-state index contributed by atoms with van der Waals surface area (Å²) in [5, 5.41) is 13.3. The van der Waals surface area contributed by atoms with Crippen molar-refractivity contribution in [2.24, 2.45) is 0 Å². The van der Waals surface area contributed by atoms with E-state index in [9.17, 15) is 14.9 Å². The second kappa shape index (κ2) is 9.28. The van der Waals surface area contributed by atoms with E-state index in [0.29, 0.717) is 15.6 Å². The van der Waals surface area contributed by atoms with E-state index in [4.69, 9.17) is 32.7 Å². The number of fused-ring (bicyclic) bond motifs is 1. The van der Waals surface area contributed by atoms with Crippen LogP contribution >= 0.6 is 34.5 Å². The highest BCUT2D eigenvalue weighted by Crippen LogP contribution is 2.37. The number of amides is 1. The molecule has 0 atom stereocenters. The molecule has 1 aliphatic carbocycles. The lowest BCUT2D eigenvalue weighted by molar-refractivity contribution is -0.149. The number of hydrogen-bond acceptors (Lipinski definition) is 6. The maximum atomic E-state index is 12.1. The Morgan fingerprint density at radius 1 is 1.21 bits per heavy atom. The van der Waals surface area contributed by atoms with Crippen molar-refractivity contribution in [3.8, 4) is 11.8 Å². The van der Waals surface area contributed by atoms with E-state index >= 15 is 0 Å². The summed E-state index contributed by atoms with van der Waals surface area (Å²) in [4.78, 5) is 25.0. The van der Waals surface area contributed by atoms with Crippen LogP contribution in [-0.2, 0) is 27.2 Å². The Bertz CT molecular complexity index is 952. The molecule has 2 aromatic rings. The number of anilines is 1. The zero-order valence-corrected chi connectivity index (χ0v) is 17.0. The van der Waals surface area contributed by atoms with Crippen molar-refractivity contribution in [2.45, 2.75) is 25.7 Å². The van der Waals surface area contributed by atoms with Crippen LogP contribution in [0.1, 0.15) is 28.8 Å². The minimum absolute atomic E-state index is 0.267. The van der Waals surface area contributed by atoms with E-state index in [2.05, 4.69) is 11.4 Å². The molecule has 1 aliphatic rings. The first-order valence-electron chi connectivity index (χ1n) is 8.56. The molecule has 146 valence electrons. The summed E-state index contributed by atoms with van der Waals surface area (Å²) in [5.41, 5.74) is 1.54. The quantitative estimate of drug-likeness (QED) is 0.676. The van der Waals surface area contributed by atoms with Crippen LogP contribution in [0.15, 0.2) is 18.2 Å². The molecule has 0 spiro atoms. The SMILES string of the molecule is N#Cc1c(NC(=O)COC(=O)COc2ccc(Cl)cc2Cl)sc2c1CCCC2. The first-order chi connectivity index (χ1) is 13.5. The van der Waals surface area contributed by atoms with E-state index in [1.165, 1.54) is 23.5 Å². The Balaban J connectivity index is 1.50. The lowest BCUT2D eigenvalue weighted by Gasteiger charge is -2.09. The predicted molar refractivity (Wildman–Crippen MR) is 107 cm³/mol. The summed E-state index contributed by atoms with van der Waals surface area (Å²) >= 11 is 13.2. The van der Waals surface area contributed by atoms with Gasteiger partial charge in [0.05, 0.1) is 10.6 Å². The van der Waals surface area contributed by atoms with E-state index in [0.717, 1.165) is 36.1 Å². The van der Waals surface area contributed by atoms with Gasteiger partial charge in [0.1, 0.15) is 16.8 Å². The molecule has 1 amide bonds. The van der Waals surface area contributed by atoms with Crippen molar-refractivity contribution >= 4 is 51.4 Å². The van der Waals surface area contributed by atoms with Gasteiger partial charge in [0.25, 0.3) is 5.91 Å². The Hall–Kier alpha value is -2.27. The van der Waals surface area contributed by atoms with Gasteiger partial charge in [0.2, 0.25) is 0 Å². The summed E-state index contributed by atoms with van der Waals surface area (Å²) in [6.45, 7) is -0.866. The van der Waals surface area contributed by atoms with Gasteiger partial charge in [-0.15, -0.1) is 11.3 Å². The standard InChI is InChI=1S/C19H16Cl2N2O4S/c20-11-5-6-15(14(21)7-11)26-10-18(25)27-9-17(24)23-19-13(8-22)12-3-1-2-4-16(12)28-19/h5-7H,1-4,9-10H2,(H,23,24). The second-order valence-electron chi connectivity index (χ2n) is 6.10. The molecule has 6 nitrogen and oxygen atoms in total. The van der Waals surface area contributed by atoms with Crippen molar-refractivity contribution in [3.63, 3.8) is 0 Å². The van der Waals surface area contributed by atoms with Crippen molar-refractivity contribution in [1.29, 1.82) is 5.26 Å². The Kier molecular flexibility index (Phi) is 6.79. The van der Waals surface area contributed by atoms with Crippen LogP contribution in [0.5, 0.6) is 5.75 Å². The van der Waals surface area contributed by atoms with Crippen LogP contribution in [0.4, 0.5) is 5.00 Å². The van der Waals surface area contributed by atoms with E-state index in [1.54, 1.807) is 6.07 Å². The number of aryl methyl sites for hydroxylation is 1. The maximum Gasteiger partial charge on any atom is 0.344 e. The molecule has 0 radical (unpaired) electrons. The molecule has 1 aromatic heterocycles. The van der Waals surface area contributed by atoms with Crippen LogP contribution in [0.2, 0.25) is 10.0 Å². The number of ether oxygens (including phenoxy) is 2. The van der Waals surface area contributed by atoms with E-state index in [-0.39, 0.29) is 10.8 Å². The monoisotopic (exact) mass is 438 g/mol. The third-order valence-corrected chi connectivity index (χ3v) is 5.88. The molecule has 0 aliphatic heterocycles. The zero-order chi connectivity index (χ0) is 20.1. The van der Waals surface area contributed by atoms with Gasteiger partial charge in [0, 0.05) is 9.90 Å². The average molecular weight is 439 g/mol. The number of carbonyl (C=O) groups excluding carboxylic acids is 2. The van der Waals surface area contributed by atoms with Gasteiger partial charge < -0.3 is 14.8 Å². The van der Waals surface area contributed by atoms with Crippen LogP contribution in [0, 0.1) is 11.3 Å². The molecule has 0 saturated carbocycles. The van der Waals surface area contributed by atoms with Gasteiger partial charge in [-0.05, 0) is 49.4 Å². The molecular weight excluding hydrogens is 423 g/mol. The smallest absolute Gasteiger partial charge is 0.344 e. The molecular formula is C19H16Cl2N2O4S. The summed E-state index contributed by atoms with van der Waals surface area (Å²) in [6, 6.07) is 6.77. The van der Waals surface area contributed by atoms with Crippen LogP contribution in [-0.4, -0.2) is 25.1 Å². The van der Waals surface area contributed by atoms with Gasteiger partial charge >= 0.3 is 5.97 Å². The lowest BCUT2D eigenvalue weighted by atomic mass is 9.96. The molecule has 1 heterocycles. The van der Waals surface area contributed by atoms with Crippen molar-refractivity contribution in [2.75, 3.05) is 18.5 Å². The zero-order valence-electron chi connectivity index (χ0n) is 14.7. The second-order valence-corrected chi connectivity index (χ2v) is 8.05. The first-order valence-corrected chi connectivity index (χ1v) is 10.1. The van der Waals surface area contributed by atoms with Gasteiger partial charge in [-0.2, -0.15) is 5.26 Å². The number of nitriles is 1. The fourth-order valence-electron chi connectivity index (χ4n) is 2.85. The highest BCUT2D eigenvalue weighted by atomic mass is 35.5. The van der Waals surface area contributed by atoms with E-state index in [1.807, 2.05) is 0 Å². The fraction of sp³-hybridized carbons (Fsp3) is 0.316. The highest BCUT2D eigenvalue weighted by Gasteiger charge is 2.22. The predicted octanol–water partition coefficient (Wildman–Crippen LogP) is 4.37. The Morgan fingerprint density at radius 3 is 2.75 bits per heavy atom. The Morgan fingerprint density at radius 2 is 2.00 bits per heavy atom. The molecule has 28 heavy (non-hydrogen) atoms. The van der Waals surface area contributed by atoms with Crippen LogP contribution in [0.25, 0.3) is 0 Å². The number of thiophene rings is 1. The number of nitrogens with one attached hydrogen (secondary N) is 1. The molecule has 1 N–H and O–H groups in total. The van der Waals surface area contributed by atoms with Gasteiger partial charge in [-0.3, -0.25) is 4.79 Å². The summed E-state index contributed by atoms with van der Waals surface area (Å²) in [6.07, 6.45) is 3.90. The number of hydrogen-bond donors (Lipinski definition) is 1. The van der Waals surface area contributed by atoms with E-state index < -0.39 is 25.1 Å². The molecule has 0 saturated heterocycles. The van der Waals surface area contributed by atoms with Crippen molar-refractivity contribution in [3.05, 3.63) is 44.2 Å². The number of carbonyl (C=O) groups is 2. The van der Waals surface area contributed by atoms with Crippen molar-refractivity contribution < 1.29 is 19.1 Å². The molecule has 0 unspecified atom stereocenters. The topological polar surface area (TPSA) is 88.4 Å². The minimum atomic E-state index is -0.716. The number of esters is 1. The number of rotatable bonds is 6. The van der Waals surface area contributed by atoms with Gasteiger partial charge in [-0.1, -0.05) is 23.2 Å². The average Bonchev–Trinajstić information content (AvgIpc) is 3.02. The van der Waals surface area contributed by atoms with Gasteiger partial charge in [-0.25, -0.2) is 4.79 Å². The minimum Gasteiger partial charge on any atom is -0.480 e. The fourth-order valence-corrected chi connectivity index (χ4v) is 4.57. The van der Waals surface area contributed by atoms with Gasteiger partial charge in [0.15, 0.2) is 13.2 Å². The highest BCUT2D eigenvalue weighted by molar-refractivity contribution is 7.16. The van der Waals surface area contributed by atoms with Crippen LogP contribution < -0.4 is 10.1 Å². The number of halogens is 2. The number of nitrogens with zero attached hydrogens (tertiary/aromatic N) is 1. The lowest BCUT2D eigenvalue weighted by Crippen LogP contribution is -2.23.